The second kappa shape index (κ2) is 12.1. The summed E-state index contributed by atoms with van der Waals surface area (Å²) in [5.41, 5.74) is 2.34. The smallest absolute Gasteiger partial charge is 0.191 e. The highest BCUT2D eigenvalue weighted by Crippen LogP contribution is 2.07. The van der Waals surface area contributed by atoms with E-state index < -0.39 is 0 Å². The molecule has 0 aliphatic rings. The number of ether oxygens (including phenoxy) is 2. The van der Waals surface area contributed by atoms with Crippen molar-refractivity contribution in [3.63, 3.8) is 0 Å². The van der Waals surface area contributed by atoms with Crippen LogP contribution in [0.4, 0.5) is 0 Å². The van der Waals surface area contributed by atoms with Crippen LogP contribution < -0.4 is 10.6 Å². The highest BCUT2D eigenvalue weighted by molar-refractivity contribution is 5.79. The molecule has 2 aromatic rings. The predicted molar refractivity (Wildman–Crippen MR) is 103 cm³/mol. The topological polar surface area (TPSA) is 68.0 Å². The second-order valence-corrected chi connectivity index (χ2v) is 5.75. The molecule has 2 N–H and O–H groups in total. The average Bonchev–Trinajstić information content (AvgIpc) is 3.18. The summed E-state index contributed by atoms with van der Waals surface area (Å²) in [5.74, 6) is 1.74. The summed E-state index contributed by atoms with van der Waals surface area (Å²) in [6.07, 6.45) is 2.51. The van der Waals surface area contributed by atoms with Gasteiger partial charge in [-0.1, -0.05) is 24.3 Å². The first-order valence-corrected chi connectivity index (χ1v) is 9.02. The Balaban J connectivity index is 1.70. The summed E-state index contributed by atoms with van der Waals surface area (Å²) in [5, 5.41) is 6.61. The molecular weight excluding hydrogens is 330 g/mol. The molecule has 0 radical (unpaired) electrons. The van der Waals surface area contributed by atoms with Gasteiger partial charge in [0.15, 0.2) is 5.96 Å². The molecule has 26 heavy (non-hydrogen) atoms. The first kappa shape index (κ1) is 20.0. The molecule has 0 bridgehead atoms. The van der Waals surface area contributed by atoms with Gasteiger partial charge in [0, 0.05) is 33.2 Å². The molecule has 0 fully saturated rings. The van der Waals surface area contributed by atoms with E-state index in [0.717, 1.165) is 36.9 Å². The van der Waals surface area contributed by atoms with Crippen LogP contribution in [-0.4, -0.2) is 39.4 Å². The number of furan rings is 1. The van der Waals surface area contributed by atoms with Crippen molar-refractivity contribution in [3.05, 3.63) is 59.5 Å². The van der Waals surface area contributed by atoms with Crippen LogP contribution >= 0.6 is 0 Å². The summed E-state index contributed by atoms with van der Waals surface area (Å²) >= 11 is 0. The monoisotopic (exact) mass is 359 g/mol. The van der Waals surface area contributed by atoms with Gasteiger partial charge in [-0.15, -0.1) is 0 Å². The molecule has 142 valence electrons. The fourth-order valence-electron chi connectivity index (χ4n) is 2.45. The SMILES string of the molecule is CCOCCOCc1cccc(CNC(=NC)NCCc2ccco2)c1. The molecule has 0 spiro atoms. The van der Waals surface area contributed by atoms with Crippen molar-refractivity contribution in [1.29, 1.82) is 0 Å². The lowest BCUT2D eigenvalue weighted by atomic mass is 10.1. The van der Waals surface area contributed by atoms with Gasteiger partial charge < -0.3 is 24.5 Å². The number of hydrogen-bond donors (Lipinski definition) is 2. The minimum Gasteiger partial charge on any atom is -0.469 e. The lowest BCUT2D eigenvalue weighted by Gasteiger charge is -2.12. The van der Waals surface area contributed by atoms with E-state index in [-0.39, 0.29) is 0 Å². The van der Waals surface area contributed by atoms with Gasteiger partial charge in [0.1, 0.15) is 5.76 Å². The van der Waals surface area contributed by atoms with E-state index in [1.54, 1.807) is 13.3 Å². The Morgan fingerprint density at radius 1 is 1.08 bits per heavy atom. The van der Waals surface area contributed by atoms with Crippen molar-refractivity contribution >= 4 is 5.96 Å². The maximum absolute atomic E-state index is 5.62. The van der Waals surface area contributed by atoms with Crippen molar-refractivity contribution in [2.75, 3.05) is 33.4 Å². The largest absolute Gasteiger partial charge is 0.469 e. The Kier molecular flexibility index (Phi) is 9.32. The van der Waals surface area contributed by atoms with Gasteiger partial charge >= 0.3 is 0 Å². The minimum atomic E-state index is 0.594. The van der Waals surface area contributed by atoms with Gasteiger partial charge in [0.2, 0.25) is 0 Å². The zero-order valence-electron chi connectivity index (χ0n) is 15.7. The van der Waals surface area contributed by atoms with Gasteiger partial charge in [0.25, 0.3) is 0 Å². The molecule has 0 aliphatic carbocycles. The first-order chi connectivity index (χ1) is 12.8. The van der Waals surface area contributed by atoms with Crippen LogP contribution in [-0.2, 0) is 29.0 Å². The molecular formula is C20H29N3O3. The van der Waals surface area contributed by atoms with Crippen molar-refractivity contribution in [1.82, 2.24) is 10.6 Å². The van der Waals surface area contributed by atoms with Crippen LogP contribution in [0, 0.1) is 0 Å². The van der Waals surface area contributed by atoms with E-state index in [1.807, 2.05) is 25.1 Å². The summed E-state index contributed by atoms with van der Waals surface area (Å²) < 4.78 is 16.2. The molecule has 2 rings (SSSR count). The first-order valence-electron chi connectivity index (χ1n) is 9.02. The molecule has 6 heteroatoms. The summed E-state index contributed by atoms with van der Waals surface area (Å²) in [6, 6.07) is 12.2. The third-order valence-corrected chi connectivity index (χ3v) is 3.76. The standard InChI is InChI=1S/C20H29N3O3/c1-3-24-12-13-25-16-18-7-4-6-17(14-18)15-23-20(21-2)22-10-9-19-8-5-11-26-19/h4-8,11,14H,3,9-10,12-13,15-16H2,1-2H3,(H2,21,22,23). The number of hydrogen-bond acceptors (Lipinski definition) is 4. The molecule has 6 nitrogen and oxygen atoms in total. The van der Waals surface area contributed by atoms with Gasteiger partial charge in [-0.25, -0.2) is 0 Å². The van der Waals surface area contributed by atoms with Crippen LogP contribution in [0.1, 0.15) is 23.8 Å². The Labute approximate surface area is 155 Å². The van der Waals surface area contributed by atoms with Crippen molar-refractivity contribution in [2.45, 2.75) is 26.5 Å². The zero-order chi connectivity index (χ0) is 18.5. The van der Waals surface area contributed by atoms with Crippen LogP contribution in [0.15, 0.2) is 52.1 Å². The maximum Gasteiger partial charge on any atom is 0.191 e. The van der Waals surface area contributed by atoms with E-state index in [2.05, 4.69) is 33.8 Å². The molecule has 0 aliphatic heterocycles. The van der Waals surface area contributed by atoms with Gasteiger partial charge in [0.05, 0.1) is 26.1 Å². The van der Waals surface area contributed by atoms with E-state index in [0.29, 0.717) is 26.4 Å². The van der Waals surface area contributed by atoms with Crippen LogP contribution in [0.25, 0.3) is 0 Å². The van der Waals surface area contributed by atoms with E-state index in [9.17, 15) is 0 Å². The number of nitrogens with one attached hydrogen (secondary N) is 2. The fourth-order valence-corrected chi connectivity index (χ4v) is 2.45. The fraction of sp³-hybridized carbons (Fsp3) is 0.450. The summed E-state index contributed by atoms with van der Waals surface area (Å²) in [6.45, 7) is 6.02. The molecule has 0 unspecified atom stereocenters. The lowest BCUT2D eigenvalue weighted by Crippen LogP contribution is -2.37. The predicted octanol–water partition coefficient (Wildman–Crippen LogP) is 2.74. The average molecular weight is 359 g/mol. The van der Waals surface area contributed by atoms with Crippen molar-refractivity contribution in [3.8, 4) is 0 Å². The van der Waals surface area contributed by atoms with Gasteiger partial charge in [-0.2, -0.15) is 0 Å². The van der Waals surface area contributed by atoms with E-state index >= 15 is 0 Å². The Bertz CT molecular complexity index is 642. The van der Waals surface area contributed by atoms with Crippen LogP contribution in [0.3, 0.4) is 0 Å². The number of guanidine groups is 1. The quantitative estimate of drug-likeness (QED) is 0.367. The number of rotatable bonds is 11. The van der Waals surface area contributed by atoms with Gasteiger partial charge in [-0.3, -0.25) is 4.99 Å². The molecule has 1 aromatic heterocycles. The Morgan fingerprint density at radius 2 is 1.92 bits per heavy atom. The molecule has 1 aromatic carbocycles. The van der Waals surface area contributed by atoms with Gasteiger partial charge in [-0.05, 0) is 30.2 Å². The highest BCUT2D eigenvalue weighted by atomic mass is 16.5. The number of benzene rings is 1. The molecule has 0 amide bonds. The number of aliphatic imine (C=N–C) groups is 1. The molecule has 1 heterocycles. The third kappa shape index (κ3) is 7.72. The summed E-state index contributed by atoms with van der Waals surface area (Å²) in [4.78, 5) is 4.25. The third-order valence-electron chi connectivity index (χ3n) is 3.76. The van der Waals surface area contributed by atoms with E-state index in [1.165, 1.54) is 5.56 Å². The minimum absolute atomic E-state index is 0.594. The van der Waals surface area contributed by atoms with Crippen molar-refractivity contribution in [2.24, 2.45) is 4.99 Å². The van der Waals surface area contributed by atoms with Crippen LogP contribution in [0.2, 0.25) is 0 Å². The summed E-state index contributed by atoms with van der Waals surface area (Å²) in [7, 11) is 1.77. The molecule has 0 saturated carbocycles. The Hall–Kier alpha value is -2.31. The lowest BCUT2D eigenvalue weighted by molar-refractivity contribution is 0.0453. The Morgan fingerprint density at radius 3 is 2.69 bits per heavy atom. The molecule has 0 atom stereocenters. The maximum atomic E-state index is 5.62. The highest BCUT2D eigenvalue weighted by Gasteiger charge is 2.01. The molecule has 0 saturated heterocycles. The number of nitrogens with zero attached hydrogens (tertiary/aromatic N) is 1. The van der Waals surface area contributed by atoms with Crippen molar-refractivity contribution < 1.29 is 13.9 Å². The zero-order valence-corrected chi connectivity index (χ0v) is 15.7. The normalized spacial score (nSPS) is 11.5. The van der Waals surface area contributed by atoms with Crippen LogP contribution in [0.5, 0.6) is 0 Å². The second-order valence-electron chi connectivity index (χ2n) is 5.75. The van der Waals surface area contributed by atoms with E-state index in [4.69, 9.17) is 13.9 Å².